The Morgan fingerprint density at radius 3 is 2.59 bits per heavy atom. The highest BCUT2D eigenvalue weighted by atomic mass is 16.5. The van der Waals surface area contributed by atoms with Crippen molar-refractivity contribution in [3.05, 3.63) is 71.0 Å². The lowest BCUT2D eigenvalue weighted by molar-refractivity contribution is -0.138. The zero-order valence-electron chi connectivity index (χ0n) is 22.8. The summed E-state index contributed by atoms with van der Waals surface area (Å²) < 4.78 is 5.99. The van der Waals surface area contributed by atoms with Crippen molar-refractivity contribution in [2.75, 3.05) is 30.0 Å². The fourth-order valence-electron chi connectivity index (χ4n) is 4.59. The number of nitrogens with zero attached hydrogens (tertiary/aromatic N) is 4. The first kappa shape index (κ1) is 27.6. The number of fused-ring (bicyclic) bond motifs is 2. The average Bonchev–Trinajstić information content (AvgIpc) is 2.96. The Morgan fingerprint density at radius 1 is 1.13 bits per heavy atom. The standard InChI is InChI=1S/C29H33N5O5/c1-6-34-25-21(28(38)33(5)22-8-7-12-30-26(22)34)15-19(17-31-25)11-13-39-23-10-9-20(14-18(23)2)27(37)32-29(3,4)16-24(35)36/h7-10,12,14-15,17H,6,11,13,16H2,1-5H3,(H,32,37)(H,35,36). The van der Waals surface area contributed by atoms with Crippen LogP contribution in [-0.4, -0.2) is 58.6 Å². The van der Waals surface area contributed by atoms with Crippen LogP contribution in [0.25, 0.3) is 0 Å². The number of carboxylic acids is 1. The molecule has 1 aliphatic heterocycles. The highest BCUT2D eigenvalue weighted by Crippen LogP contribution is 2.37. The smallest absolute Gasteiger partial charge is 0.305 e. The zero-order chi connectivity index (χ0) is 28.3. The summed E-state index contributed by atoms with van der Waals surface area (Å²) in [5, 5.41) is 11.8. The maximum atomic E-state index is 13.3. The average molecular weight is 532 g/mol. The lowest BCUT2D eigenvalue weighted by Gasteiger charge is -2.24. The van der Waals surface area contributed by atoms with Gasteiger partial charge >= 0.3 is 5.97 Å². The van der Waals surface area contributed by atoms with Crippen LogP contribution in [-0.2, 0) is 11.2 Å². The number of carbonyl (C=O) groups excluding carboxylic acids is 2. The molecule has 4 rings (SSSR count). The molecule has 0 aliphatic carbocycles. The number of amides is 2. The maximum Gasteiger partial charge on any atom is 0.305 e. The van der Waals surface area contributed by atoms with E-state index in [0.29, 0.717) is 48.1 Å². The lowest BCUT2D eigenvalue weighted by Crippen LogP contribution is -2.44. The van der Waals surface area contributed by atoms with Crippen molar-refractivity contribution in [1.29, 1.82) is 0 Å². The van der Waals surface area contributed by atoms with Gasteiger partial charge in [0.15, 0.2) is 5.82 Å². The Kier molecular flexibility index (Phi) is 7.85. The maximum absolute atomic E-state index is 13.3. The molecular weight excluding hydrogens is 498 g/mol. The summed E-state index contributed by atoms with van der Waals surface area (Å²) in [5.41, 5.74) is 2.42. The predicted octanol–water partition coefficient (Wildman–Crippen LogP) is 4.14. The van der Waals surface area contributed by atoms with E-state index in [0.717, 1.165) is 16.8 Å². The fourth-order valence-corrected chi connectivity index (χ4v) is 4.59. The van der Waals surface area contributed by atoms with Crippen molar-refractivity contribution in [3.8, 4) is 5.75 Å². The molecule has 0 saturated carbocycles. The number of carboxylic acid groups (broad SMARTS) is 1. The van der Waals surface area contributed by atoms with Crippen LogP contribution in [0.2, 0.25) is 0 Å². The molecule has 0 unspecified atom stereocenters. The predicted molar refractivity (Wildman–Crippen MR) is 148 cm³/mol. The second kappa shape index (κ2) is 11.1. The Morgan fingerprint density at radius 2 is 1.90 bits per heavy atom. The summed E-state index contributed by atoms with van der Waals surface area (Å²) in [5.74, 6) is 0.422. The van der Waals surface area contributed by atoms with Crippen molar-refractivity contribution < 1.29 is 24.2 Å². The van der Waals surface area contributed by atoms with E-state index < -0.39 is 11.5 Å². The molecule has 3 heterocycles. The number of nitrogens with one attached hydrogen (secondary N) is 1. The normalized spacial score (nSPS) is 12.9. The number of ether oxygens (including phenoxy) is 1. The largest absolute Gasteiger partial charge is 0.493 e. The molecule has 0 radical (unpaired) electrons. The number of aryl methyl sites for hydroxylation is 1. The quantitative estimate of drug-likeness (QED) is 0.422. The molecule has 1 aromatic carbocycles. The second-order valence-electron chi connectivity index (χ2n) is 10.2. The van der Waals surface area contributed by atoms with Crippen LogP contribution in [0.1, 0.15) is 59.0 Å². The van der Waals surface area contributed by atoms with Crippen molar-refractivity contribution in [2.45, 2.75) is 46.1 Å². The minimum Gasteiger partial charge on any atom is -0.493 e. The molecule has 39 heavy (non-hydrogen) atoms. The van der Waals surface area contributed by atoms with Crippen molar-refractivity contribution in [2.24, 2.45) is 0 Å². The third-order valence-corrected chi connectivity index (χ3v) is 6.54. The zero-order valence-corrected chi connectivity index (χ0v) is 22.8. The summed E-state index contributed by atoms with van der Waals surface area (Å²) in [7, 11) is 1.74. The number of hydrogen-bond donors (Lipinski definition) is 2. The third kappa shape index (κ3) is 6.00. The van der Waals surface area contributed by atoms with E-state index >= 15 is 0 Å². The summed E-state index contributed by atoms with van der Waals surface area (Å²) in [6.07, 6.45) is 3.81. The first-order valence-electron chi connectivity index (χ1n) is 12.8. The Bertz CT molecular complexity index is 1420. The molecule has 0 bridgehead atoms. The lowest BCUT2D eigenvalue weighted by atomic mass is 10.00. The van der Waals surface area contributed by atoms with Crippen LogP contribution in [0, 0.1) is 6.92 Å². The molecule has 1 aliphatic rings. The van der Waals surface area contributed by atoms with Crippen LogP contribution in [0.5, 0.6) is 5.75 Å². The number of carbonyl (C=O) groups is 3. The monoisotopic (exact) mass is 531 g/mol. The van der Waals surface area contributed by atoms with Gasteiger partial charge in [-0.2, -0.15) is 0 Å². The molecule has 2 aromatic heterocycles. The van der Waals surface area contributed by atoms with Crippen molar-refractivity contribution in [1.82, 2.24) is 15.3 Å². The highest BCUT2D eigenvalue weighted by Gasteiger charge is 2.30. The third-order valence-electron chi connectivity index (χ3n) is 6.54. The molecule has 2 amide bonds. The van der Waals surface area contributed by atoms with Crippen LogP contribution >= 0.6 is 0 Å². The number of aliphatic carboxylic acids is 1. The molecule has 0 saturated heterocycles. The van der Waals surface area contributed by atoms with Crippen LogP contribution in [0.3, 0.4) is 0 Å². The first-order valence-corrected chi connectivity index (χ1v) is 12.8. The Labute approximate surface area is 227 Å². The SMILES string of the molecule is CCN1c2ncc(CCOc3ccc(C(=O)NC(C)(C)CC(=O)O)cc3C)cc2C(=O)N(C)c2cccnc21. The summed E-state index contributed by atoms with van der Waals surface area (Å²) in [6, 6.07) is 10.6. The number of anilines is 3. The number of pyridine rings is 2. The van der Waals surface area contributed by atoms with Gasteiger partial charge in [0.1, 0.15) is 11.6 Å². The van der Waals surface area contributed by atoms with Crippen molar-refractivity contribution in [3.63, 3.8) is 0 Å². The molecule has 204 valence electrons. The Balaban J connectivity index is 1.44. The number of aromatic nitrogens is 2. The van der Waals surface area contributed by atoms with Crippen molar-refractivity contribution >= 4 is 35.1 Å². The van der Waals surface area contributed by atoms with Gasteiger partial charge in [-0.1, -0.05) is 0 Å². The molecule has 3 aromatic rings. The first-order chi connectivity index (χ1) is 18.5. The van der Waals surface area contributed by atoms with E-state index in [1.54, 1.807) is 56.4 Å². The van der Waals surface area contributed by atoms with E-state index in [9.17, 15) is 14.4 Å². The fraction of sp³-hybridized carbons (Fsp3) is 0.345. The molecular formula is C29H33N5O5. The van der Waals surface area contributed by atoms with Gasteiger partial charge in [-0.05, 0) is 75.2 Å². The van der Waals surface area contributed by atoms with Gasteiger partial charge in [-0.3, -0.25) is 14.4 Å². The van der Waals surface area contributed by atoms with Gasteiger partial charge in [-0.25, -0.2) is 9.97 Å². The van der Waals surface area contributed by atoms with E-state index in [2.05, 4.69) is 15.3 Å². The number of rotatable bonds is 9. The van der Waals surface area contributed by atoms with E-state index in [4.69, 9.17) is 9.84 Å². The van der Waals surface area contributed by atoms with Gasteiger partial charge in [0.2, 0.25) is 0 Å². The van der Waals surface area contributed by atoms with Gasteiger partial charge in [-0.15, -0.1) is 0 Å². The van der Waals surface area contributed by atoms with E-state index in [1.165, 1.54) is 0 Å². The summed E-state index contributed by atoms with van der Waals surface area (Å²) >= 11 is 0. The van der Waals surface area contributed by atoms with Crippen LogP contribution < -0.4 is 19.9 Å². The highest BCUT2D eigenvalue weighted by molar-refractivity contribution is 6.12. The van der Waals surface area contributed by atoms with Gasteiger partial charge in [0, 0.05) is 43.5 Å². The van der Waals surface area contributed by atoms with E-state index in [1.807, 2.05) is 36.9 Å². The summed E-state index contributed by atoms with van der Waals surface area (Å²) in [6.45, 7) is 8.14. The van der Waals surface area contributed by atoms with Gasteiger partial charge in [0.25, 0.3) is 11.8 Å². The number of benzene rings is 1. The van der Waals surface area contributed by atoms with Gasteiger partial charge in [0.05, 0.1) is 24.3 Å². The second-order valence-corrected chi connectivity index (χ2v) is 10.2. The summed E-state index contributed by atoms with van der Waals surface area (Å²) in [4.78, 5) is 49.6. The van der Waals surface area contributed by atoms with Gasteiger partial charge < -0.3 is 25.0 Å². The molecule has 0 atom stereocenters. The molecule has 0 spiro atoms. The molecule has 0 fully saturated rings. The Hall–Kier alpha value is -4.47. The molecule has 2 N–H and O–H groups in total. The minimum absolute atomic E-state index is 0.151. The van der Waals surface area contributed by atoms with Crippen LogP contribution in [0.4, 0.5) is 17.3 Å². The van der Waals surface area contributed by atoms with Crippen LogP contribution in [0.15, 0.2) is 48.8 Å². The number of hydrogen-bond acceptors (Lipinski definition) is 7. The van der Waals surface area contributed by atoms with E-state index in [-0.39, 0.29) is 18.2 Å². The minimum atomic E-state index is -0.980. The molecule has 10 heteroatoms. The molecule has 10 nitrogen and oxygen atoms in total. The topological polar surface area (TPSA) is 125 Å².